The summed E-state index contributed by atoms with van der Waals surface area (Å²) in [6.45, 7) is 17.7. The Balaban J connectivity index is 2.01. The number of carbonyl (C=O) groups is 1. The fourth-order valence-electron chi connectivity index (χ4n) is 5.99. The number of fused-ring (bicyclic) bond motifs is 2. The molecule has 2 aliphatic heterocycles. The van der Waals surface area contributed by atoms with Gasteiger partial charge in [-0.2, -0.15) is 0 Å². The van der Waals surface area contributed by atoms with Crippen LogP contribution >= 0.6 is 0 Å². The summed E-state index contributed by atoms with van der Waals surface area (Å²) in [7, 11) is 1.57. The molecule has 8 heteroatoms. The van der Waals surface area contributed by atoms with Crippen LogP contribution in [0.25, 0.3) is 0 Å². The first-order valence-corrected chi connectivity index (χ1v) is 14.1. The van der Waals surface area contributed by atoms with Gasteiger partial charge in [-0.25, -0.2) is 4.79 Å². The molecule has 2 heterocycles. The largest absolute Gasteiger partial charge is 0.497 e. The average Bonchev–Trinajstić information content (AvgIpc) is 3.23. The van der Waals surface area contributed by atoms with Crippen LogP contribution in [0.4, 0.5) is 0 Å². The number of nitrogens with zero attached hydrogens (tertiary/aromatic N) is 1. The van der Waals surface area contributed by atoms with Gasteiger partial charge in [0.05, 0.1) is 12.7 Å². The molecule has 2 N–H and O–H groups in total. The summed E-state index contributed by atoms with van der Waals surface area (Å²) in [5, 5.41) is 21.9. The second-order valence-corrected chi connectivity index (χ2v) is 12.8. The van der Waals surface area contributed by atoms with Gasteiger partial charge < -0.3 is 34.1 Å². The zero-order chi connectivity index (χ0) is 29.2. The Hall–Kier alpha value is -2.29. The SMILES string of the molecule is C/C=C(/OC)[C@@H](OC(=O)[C@@H](O)C(C)(C)C(C)(C)CC(C)(C)O)[C@@H]1CN(CCC)CCc2cc3c(cc21)OCO3. The van der Waals surface area contributed by atoms with Crippen LogP contribution in [0, 0.1) is 10.8 Å². The minimum Gasteiger partial charge on any atom is -0.497 e. The summed E-state index contributed by atoms with van der Waals surface area (Å²) >= 11 is 0. The molecule has 0 unspecified atom stereocenters. The molecule has 39 heavy (non-hydrogen) atoms. The molecule has 0 saturated carbocycles. The lowest BCUT2D eigenvalue weighted by Crippen LogP contribution is -2.50. The summed E-state index contributed by atoms with van der Waals surface area (Å²) in [6, 6.07) is 4.05. The van der Waals surface area contributed by atoms with E-state index in [9.17, 15) is 15.0 Å². The standard InChI is InChI=1S/C31H49NO7/c1-10-13-32-14-12-20-15-24-25(38-19-37-24)16-21(20)22(17-32)26(23(11-2)36-9)39-28(34)27(33)31(7,8)29(3,4)18-30(5,6)35/h11,15-16,22,26-27,33,35H,10,12-14,17-19H2,1-9H3/b23-11+/t22-,26+,27-/m1/s1. The fraction of sp³-hybridized carbons (Fsp3) is 0.710. The van der Waals surface area contributed by atoms with E-state index in [1.807, 2.05) is 52.8 Å². The zero-order valence-corrected chi connectivity index (χ0v) is 25.3. The van der Waals surface area contributed by atoms with Crippen molar-refractivity contribution in [2.45, 2.75) is 98.4 Å². The number of allylic oxidation sites excluding steroid dienone is 1. The predicted octanol–water partition coefficient (Wildman–Crippen LogP) is 4.80. The van der Waals surface area contributed by atoms with Gasteiger partial charge in [-0.1, -0.05) is 34.6 Å². The van der Waals surface area contributed by atoms with E-state index < -0.39 is 34.6 Å². The number of rotatable bonds is 11. The first-order chi connectivity index (χ1) is 18.1. The van der Waals surface area contributed by atoms with Crippen molar-refractivity contribution in [3.8, 4) is 11.5 Å². The number of hydrogen-bond acceptors (Lipinski definition) is 8. The van der Waals surface area contributed by atoms with E-state index in [0.717, 1.165) is 42.8 Å². The Labute approximate surface area is 234 Å². The topological polar surface area (TPSA) is 97.7 Å². The molecular weight excluding hydrogens is 498 g/mol. The van der Waals surface area contributed by atoms with Gasteiger partial charge in [0.25, 0.3) is 0 Å². The van der Waals surface area contributed by atoms with Crippen molar-refractivity contribution in [3.05, 3.63) is 35.1 Å². The number of hydrogen-bond donors (Lipinski definition) is 2. The lowest BCUT2D eigenvalue weighted by Gasteiger charge is -2.46. The molecule has 0 aromatic heterocycles. The van der Waals surface area contributed by atoms with E-state index in [1.165, 1.54) is 0 Å². The van der Waals surface area contributed by atoms with Crippen molar-refractivity contribution in [1.29, 1.82) is 0 Å². The van der Waals surface area contributed by atoms with Gasteiger partial charge in [0, 0.05) is 24.4 Å². The molecule has 2 aliphatic rings. The molecule has 0 saturated heterocycles. The quantitative estimate of drug-likeness (QED) is 0.301. The molecular formula is C31H49NO7. The van der Waals surface area contributed by atoms with Crippen molar-refractivity contribution in [2.24, 2.45) is 10.8 Å². The molecule has 0 fully saturated rings. The maximum Gasteiger partial charge on any atom is 0.336 e. The summed E-state index contributed by atoms with van der Waals surface area (Å²) in [6.07, 6.45) is 1.87. The van der Waals surface area contributed by atoms with Crippen LogP contribution in [0.2, 0.25) is 0 Å². The minimum atomic E-state index is -1.42. The number of esters is 1. The Morgan fingerprint density at radius 2 is 1.82 bits per heavy atom. The van der Waals surface area contributed by atoms with E-state index >= 15 is 0 Å². The second kappa shape index (κ2) is 12.1. The van der Waals surface area contributed by atoms with Crippen molar-refractivity contribution in [3.63, 3.8) is 0 Å². The van der Waals surface area contributed by atoms with Crippen molar-refractivity contribution >= 4 is 5.97 Å². The average molecular weight is 548 g/mol. The molecule has 220 valence electrons. The van der Waals surface area contributed by atoms with Gasteiger partial charge in [-0.05, 0) is 81.3 Å². The predicted molar refractivity (Wildman–Crippen MR) is 151 cm³/mol. The third kappa shape index (κ3) is 6.90. The molecule has 8 nitrogen and oxygen atoms in total. The summed E-state index contributed by atoms with van der Waals surface area (Å²) in [5.41, 5.74) is -0.265. The monoisotopic (exact) mass is 547 g/mol. The molecule has 0 spiro atoms. The van der Waals surface area contributed by atoms with Crippen LogP contribution in [-0.2, 0) is 20.7 Å². The van der Waals surface area contributed by atoms with E-state index in [4.69, 9.17) is 18.9 Å². The highest BCUT2D eigenvalue weighted by Gasteiger charge is 2.49. The molecule has 0 bridgehead atoms. The first-order valence-electron chi connectivity index (χ1n) is 14.1. The van der Waals surface area contributed by atoms with Crippen LogP contribution in [0.5, 0.6) is 11.5 Å². The van der Waals surface area contributed by atoms with Crippen LogP contribution in [0.15, 0.2) is 24.0 Å². The summed E-state index contributed by atoms with van der Waals surface area (Å²) in [4.78, 5) is 16.1. The van der Waals surface area contributed by atoms with Gasteiger partial charge in [0.1, 0.15) is 5.76 Å². The fourth-order valence-corrected chi connectivity index (χ4v) is 5.99. The van der Waals surface area contributed by atoms with Crippen molar-refractivity contribution < 1.29 is 34.0 Å². The number of aliphatic hydroxyl groups is 2. The molecule has 3 rings (SSSR count). The molecule has 0 amide bonds. The highest BCUT2D eigenvalue weighted by Crippen LogP contribution is 2.47. The van der Waals surface area contributed by atoms with Crippen LogP contribution in [-0.4, -0.2) is 72.4 Å². The lowest BCUT2D eigenvalue weighted by molar-refractivity contribution is -0.175. The van der Waals surface area contributed by atoms with E-state index in [1.54, 1.807) is 21.0 Å². The van der Waals surface area contributed by atoms with Crippen molar-refractivity contribution in [1.82, 2.24) is 4.90 Å². The third-order valence-corrected chi connectivity index (χ3v) is 8.66. The van der Waals surface area contributed by atoms with Gasteiger partial charge in [0.2, 0.25) is 6.79 Å². The Bertz CT molecular complexity index is 1040. The number of methoxy groups -OCH3 is 1. The van der Waals surface area contributed by atoms with Crippen LogP contribution in [0.1, 0.15) is 85.3 Å². The molecule has 0 aliphatic carbocycles. The first kappa shape index (κ1) is 31.2. The van der Waals surface area contributed by atoms with Gasteiger partial charge in [-0.15, -0.1) is 0 Å². The molecule has 0 radical (unpaired) electrons. The van der Waals surface area contributed by atoms with Crippen molar-refractivity contribution in [2.75, 3.05) is 33.5 Å². The van der Waals surface area contributed by atoms with E-state index in [2.05, 4.69) is 11.8 Å². The summed E-state index contributed by atoms with van der Waals surface area (Å²) in [5.74, 6) is 0.976. The lowest BCUT2D eigenvalue weighted by atomic mass is 9.61. The highest BCUT2D eigenvalue weighted by atomic mass is 16.7. The molecule has 1 aromatic carbocycles. The van der Waals surface area contributed by atoms with Gasteiger partial charge in [0.15, 0.2) is 23.7 Å². The number of benzene rings is 1. The zero-order valence-electron chi connectivity index (χ0n) is 25.3. The van der Waals surface area contributed by atoms with Gasteiger partial charge >= 0.3 is 5.97 Å². The number of carbonyl (C=O) groups excluding carboxylic acids is 1. The maximum absolute atomic E-state index is 13.7. The maximum atomic E-state index is 13.7. The molecule has 3 atom stereocenters. The normalized spacial score (nSPS) is 20.2. The molecule has 1 aromatic rings. The van der Waals surface area contributed by atoms with E-state index in [0.29, 0.717) is 24.5 Å². The van der Waals surface area contributed by atoms with Crippen LogP contribution in [0.3, 0.4) is 0 Å². The number of aliphatic hydroxyl groups excluding tert-OH is 1. The van der Waals surface area contributed by atoms with Crippen LogP contribution < -0.4 is 9.47 Å². The second-order valence-electron chi connectivity index (χ2n) is 12.8. The third-order valence-electron chi connectivity index (χ3n) is 8.66. The Morgan fingerprint density at radius 3 is 2.38 bits per heavy atom. The Morgan fingerprint density at radius 1 is 1.18 bits per heavy atom. The van der Waals surface area contributed by atoms with E-state index in [-0.39, 0.29) is 12.7 Å². The number of ether oxygens (including phenoxy) is 4. The highest BCUT2D eigenvalue weighted by molar-refractivity contribution is 5.76. The van der Waals surface area contributed by atoms with Gasteiger partial charge in [-0.3, -0.25) is 0 Å². The Kier molecular flexibility index (Phi) is 9.67. The minimum absolute atomic E-state index is 0.184. The summed E-state index contributed by atoms with van der Waals surface area (Å²) < 4.78 is 23.3. The smallest absolute Gasteiger partial charge is 0.336 e.